The molecular formula is C24H36FN6O6P. The summed E-state index contributed by atoms with van der Waals surface area (Å²) in [6.07, 6.45) is -1.79. The van der Waals surface area contributed by atoms with Crippen LogP contribution in [0.3, 0.4) is 0 Å². The molecule has 0 saturated heterocycles. The van der Waals surface area contributed by atoms with Gasteiger partial charge in [0.1, 0.15) is 36.5 Å². The third kappa shape index (κ3) is 8.26. The highest BCUT2D eigenvalue weighted by atomic mass is 31.2. The van der Waals surface area contributed by atoms with Crippen molar-refractivity contribution < 1.29 is 32.4 Å². The number of anilines is 3. The molecule has 2 heterocycles. The van der Waals surface area contributed by atoms with Crippen molar-refractivity contribution in [2.24, 2.45) is 0 Å². The quantitative estimate of drug-likeness (QED) is 0.219. The second-order valence-corrected chi connectivity index (χ2v) is 9.84. The second-order valence-electron chi connectivity index (χ2n) is 8.63. The van der Waals surface area contributed by atoms with Crippen molar-refractivity contribution in [3.05, 3.63) is 30.3 Å². The molecule has 38 heavy (non-hydrogen) atoms. The van der Waals surface area contributed by atoms with Crippen molar-refractivity contribution in [3.63, 3.8) is 0 Å². The summed E-state index contributed by atoms with van der Waals surface area (Å²) in [7, 11) is -1.84. The number of esters is 1. The van der Waals surface area contributed by atoms with Crippen molar-refractivity contribution in [2.75, 3.05) is 42.5 Å². The third-order valence-corrected chi connectivity index (χ3v) is 6.53. The third-order valence-electron chi connectivity index (χ3n) is 5.17. The first-order valence-corrected chi connectivity index (χ1v) is 13.5. The van der Waals surface area contributed by atoms with Gasteiger partial charge in [0.15, 0.2) is 5.82 Å². The van der Waals surface area contributed by atoms with Crippen LogP contribution >= 0.6 is 8.53 Å². The van der Waals surface area contributed by atoms with Crippen LogP contribution in [0.15, 0.2) is 30.3 Å². The number of halogens is 1. The van der Waals surface area contributed by atoms with Crippen LogP contribution in [0.25, 0.3) is 0 Å². The minimum atomic E-state index is -1.84. The lowest BCUT2D eigenvalue weighted by molar-refractivity contribution is -0.149. The molecule has 4 atom stereocenters. The Morgan fingerprint density at radius 2 is 1.97 bits per heavy atom. The van der Waals surface area contributed by atoms with Gasteiger partial charge in [-0.05, 0) is 46.8 Å². The zero-order valence-electron chi connectivity index (χ0n) is 22.2. The molecule has 3 unspecified atom stereocenters. The molecule has 0 fully saturated rings. The van der Waals surface area contributed by atoms with Crippen LogP contribution in [0, 0.1) is 0 Å². The molecule has 0 saturated carbocycles. The lowest BCUT2D eigenvalue weighted by Gasteiger charge is -2.29. The molecule has 2 aromatic rings. The second kappa shape index (κ2) is 14.2. The predicted molar refractivity (Wildman–Crippen MR) is 143 cm³/mol. The number of carbonyl (C=O) groups excluding carboxylic acids is 1. The largest absolute Gasteiger partial charge is 0.476 e. The number of hydrogen-bond acceptors (Lipinski definition) is 12. The molecule has 0 radical (unpaired) electrons. The van der Waals surface area contributed by atoms with Gasteiger partial charge in [0, 0.05) is 0 Å². The number of nitrogens with zero attached hydrogens (tertiary/aromatic N) is 3. The number of benzene rings is 1. The summed E-state index contributed by atoms with van der Waals surface area (Å²) < 4.78 is 42.6. The van der Waals surface area contributed by atoms with Crippen LogP contribution < -0.4 is 30.3 Å². The maximum absolute atomic E-state index is 14.0. The molecular weight excluding hydrogens is 518 g/mol. The van der Waals surface area contributed by atoms with Crippen molar-refractivity contribution in [1.29, 1.82) is 0 Å². The number of fused-ring (bicyclic) bond motifs is 1. The fourth-order valence-corrected chi connectivity index (χ4v) is 4.64. The minimum absolute atomic E-state index is 0.0540. The number of alkyl halides is 1. The van der Waals surface area contributed by atoms with Gasteiger partial charge in [-0.3, -0.25) is 4.79 Å². The fraction of sp³-hybridized carbons (Fsp3) is 0.542. The Bertz CT molecular complexity index is 1040. The van der Waals surface area contributed by atoms with Gasteiger partial charge in [-0.2, -0.15) is 9.97 Å². The van der Waals surface area contributed by atoms with Gasteiger partial charge < -0.3 is 39.2 Å². The van der Waals surface area contributed by atoms with Crippen LogP contribution in [0.5, 0.6) is 11.6 Å². The molecule has 1 aliphatic rings. The first kappa shape index (κ1) is 29.6. The molecule has 14 heteroatoms. The van der Waals surface area contributed by atoms with E-state index in [2.05, 4.69) is 20.4 Å². The number of carbonyl (C=O) groups is 1. The van der Waals surface area contributed by atoms with E-state index in [-0.39, 0.29) is 18.7 Å². The topological polar surface area (TPSA) is 142 Å². The molecule has 0 aliphatic carbocycles. The molecule has 1 aliphatic heterocycles. The SMILES string of the molecule is CCOc1nc(N)nc2c1NCN2C(C)OC(CF)CO[P@](NC(C)C(=O)OC(C)C)Oc1ccccc1. The molecule has 0 amide bonds. The minimum Gasteiger partial charge on any atom is -0.476 e. The zero-order chi connectivity index (χ0) is 27.7. The molecule has 4 N–H and O–H groups in total. The highest BCUT2D eigenvalue weighted by molar-refractivity contribution is 7.45. The van der Waals surface area contributed by atoms with Gasteiger partial charge in [0.25, 0.3) is 0 Å². The van der Waals surface area contributed by atoms with Crippen LogP contribution in [0.4, 0.5) is 21.8 Å². The van der Waals surface area contributed by atoms with Crippen molar-refractivity contribution in [1.82, 2.24) is 15.1 Å². The number of ether oxygens (including phenoxy) is 3. The van der Waals surface area contributed by atoms with E-state index in [4.69, 9.17) is 29.0 Å². The van der Waals surface area contributed by atoms with Gasteiger partial charge in [-0.15, -0.1) is 0 Å². The van der Waals surface area contributed by atoms with E-state index < -0.39 is 39.5 Å². The summed E-state index contributed by atoms with van der Waals surface area (Å²) >= 11 is 0. The molecule has 12 nitrogen and oxygen atoms in total. The van der Waals surface area contributed by atoms with Crippen molar-refractivity contribution >= 4 is 31.9 Å². The van der Waals surface area contributed by atoms with Gasteiger partial charge in [-0.25, -0.2) is 9.48 Å². The molecule has 210 valence electrons. The van der Waals surface area contributed by atoms with Gasteiger partial charge >= 0.3 is 14.5 Å². The lowest BCUT2D eigenvalue weighted by atomic mass is 10.3. The molecule has 0 bridgehead atoms. The number of para-hydroxylation sites is 1. The van der Waals surface area contributed by atoms with Crippen molar-refractivity contribution in [2.45, 2.75) is 59.1 Å². The predicted octanol–water partition coefficient (Wildman–Crippen LogP) is 3.60. The first-order valence-electron chi connectivity index (χ1n) is 12.4. The van der Waals surface area contributed by atoms with Crippen molar-refractivity contribution in [3.8, 4) is 11.6 Å². The Hall–Kier alpha value is -2.99. The van der Waals surface area contributed by atoms with E-state index in [0.29, 0.717) is 36.4 Å². The summed E-state index contributed by atoms with van der Waals surface area (Å²) in [5, 5.41) is 6.17. The van der Waals surface area contributed by atoms with E-state index in [1.165, 1.54) is 0 Å². The van der Waals surface area contributed by atoms with Gasteiger partial charge in [-0.1, -0.05) is 18.2 Å². The molecule has 0 spiro atoms. The number of hydrogen-bond donors (Lipinski definition) is 3. The maximum atomic E-state index is 14.0. The Morgan fingerprint density at radius 1 is 1.24 bits per heavy atom. The summed E-state index contributed by atoms with van der Waals surface area (Å²) in [4.78, 5) is 22.5. The smallest absolute Gasteiger partial charge is 0.323 e. The fourth-order valence-electron chi connectivity index (χ4n) is 3.42. The maximum Gasteiger partial charge on any atom is 0.323 e. The Kier molecular flexibility index (Phi) is 11.1. The average Bonchev–Trinajstić information content (AvgIpc) is 3.30. The summed E-state index contributed by atoms with van der Waals surface area (Å²) in [5.41, 5.74) is 6.45. The summed E-state index contributed by atoms with van der Waals surface area (Å²) in [6.45, 7) is 8.59. The number of rotatable bonds is 15. The van der Waals surface area contributed by atoms with Gasteiger partial charge in [0.05, 0.1) is 26.0 Å². The van der Waals surface area contributed by atoms with Crippen LogP contribution in [0.1, 0.15) is 34.6 Å². The number of nitrogens with one attached hydrogen (secondary N) is 2. The normalized spacial score (nSPS) is 15.8. The first-order chi connectivity index (χ1) is 18.2. The van der Waals surface area contributed by atoms with Crippen LogP contribution in [0.2, 0.25) is 0 Å². The van der Waals surface area contributed by atoms with Crippen LogP contribution in [-0.2, 0) is 18.8 Å². The molecule has 1 aromatic heterocycles. The van der Waals surface area contributed by atoms with Gasteiger partial charge in [0.2, 0.25) is 11.8 Å². The van der Waals surface area contributed by atoms with E-state index in [1.807, 2.05) is 25.1 Å². The lowest BCUT2D eigenvalue weighted by Crippen LogP contribution is -2.40. The highest BCUT2D eigenvalue weighted by Gasteiger charge is 2.32. The Labute approximate surface area is 223 Å². The van der Waals surface area contributed by atoms with E-state index in [9.17, 15) is 9.18 Å². The highest BCUT2D eigenvalue weighted by Crippen LogP contribution is 2.39. The van der Waals surface area contributed by atoms with Crippen LogP contribution in [-0.4, -0.2) is 67.0 Å². The van der Waals surface area contributed by atoms with E-state index in [0.717, 1.165) is 0 Å². The standard InChI is InChI=1S/C24H36FN6O6P/c1-6-33-22-20-21(28-24(26)29-22)31(14-27-20)17(5)36-19(12-25)13-34-38(37-18-10-8-7-9-11-18)30-16(4)23(32)35-15(2)3/h7-11,15-17,19,27,30H,6,12-14H2,1-5H3,(H2,26,28,29)/t16?,17?,19?,38-/m0/s1. The monoisotopic (exact) mass is 554 g/mol. The van der Waals surface area contributed by atoms with E-state index in [1.54, 1.807) is 44.7 Å². The summed E-state index contributed by atoms with van der Waals surface area (Å²) in [6, 6.07) is 8.26. The Balaban J connectivity index is 1.64. The number of nitrogens with two attached hydrogens (primary N) is 1. The number of aromatic nitrogens is 2. The summed E-state index contributed by atoms with van der Waals surface area (Å²) in [5.74, 6) is 0.977. The number of nitrogen functional groups attached to an aromatic ring is 1. The van der Waals surface area contributed by atoms with E-state index >= 15 is 0 Å². The Morgan fingerprint density at radius 3 is 2.63 bits per heavy atom. The molecule has 3 rings (SSSR count). The average molecular weight is 555 g/mol. The zero-order valence-corrected chi connectivity index (χ0v) is 23.1. The molecule has 1 aromatic carbocycles.